The summed E-state index contributed by atoms with van der Waals surface area (Å²) in [4.78, 5) is 4.02. The molecule has 0 unspecified atom stereocenters. The number of pyridine rings is 1. The van der Waals surface area contributed by atoms with Gasteiger partial charge in [0.2, 0.25) is 0 Å². The van der Waals surface area contributed by atoms with Gasteiger partial charge < -0.3 is 10.6 Å². The fourth-order valence-electron chi connectivity index (χ4n) is 1.04. The van der Waals surface area contributed by atoms with Crippen molar-refractivity contribution in [3.63, 3.8) is 0 Å². The van der Waals surface area contributed by atoms with Crippen LogP contribution in [-0.4, -0.2) is 24.1 Å². The Morgan fingerprint density at radius 1 is 1.38 bits per heavy atom. The summed E-state index contributed by atoms with van der Waals surface area (Å²) in [5, 5.41) is 6.61. The molecule has 1 rings (SSSR count). The Morgan fingerprint density at radius 3 is 2.85 bits per heavy atom. The summed E-state index contributed by atoms with van der Waals surface area (Å²) >= 11 is 0. The topological polar surface area (TPSA) is 37.0 Å². The molecule has 0 atom stereocenters. The van der Waals surface area contributed by atoms with Gasteiger partial charge >= 0.3 is 0 Å². The van der Waals surface area contributed by atoms with E-state index < -0.39 is 0 Å². The van der Waals surface area contributed by atoms with E-state index in [0.29, 0.717) is 6.04 Å². The Morgan fingerprint density at radius 2 is 2.23 bits per heavy atom. The van der Waals surface area contributed by atoms with Crippen LogP contribution in [-0.2, 0) is 0 Å². The molecule has 3 heteroatoms. The molecule has 3 nitrogen and oxygen atoms in total. The first-order valence-corrected chi connectivity index (χ1v) is 4.66. The van der Waals surface area contributed by atoms with Crippen molar-refractivity contribution in [2.75, 3.05) is 18.4 Å². The van der Waals surface area contributed by atoms with Gasteiger partial charge in [0.05, 0.1) is 5.69 Å². The highest BCUT2D eigenvalue weighted by atomic mass is 15.0. The van der Waals surface area contributed by atoms with Gasteiger partial charge in [0.25, 0.3) is 0 Å². The Bertz CT molecular complexity index is 221. The maximum absolute atomic E-state index is 4.02. The van der Waals surface area contributed by atoms with E-state index in [0.717, 1.165) is 18.8 Å². The molecule has 13 heavy (non-hydrogen) atoms. The lowest BCUT2D eigenvalue weighted by Gasteiger charge is -2.09. The molecule has 1 heterocycles. The van der Waals surface area contributed by atoms with E-state index >= 15 is 0 Å². The number of hydrogen-bond acceptors (Lipinski definition) is 3. The van der Waals surface area contributed by atoms with Crippen LogP contribution in [0.4, 0.5) is 5.69 Å². The van der Waals surface area contributed by atoms with Crippen LogP contribution in [0.25, 0.3) is 0 Å². The van der Waals surface area contributed by atoms with Crippen molar-refractivity contribution < 1.29 is 0 Å². The Labute approximate surface area is 79.6 Å². The van der Waals surface area contributed by atoms with Crippen LogP contribution in [0.3, 0.4) is 0 Å². The standard InChI is InChI=1S/C10H17N3/c1-9(2)12-6-7-13-10-4-3-5-11-8-10/h3-5,8-9,12-13H,6-7H2,1-2H3. The lowest BCUT2D eigenvalue weighted by molar-refractivity contribution is 0.602. The van der Waals surface area contributed by atoms with E-state index in [9.17, 15) is 0 Å². The molecule has 0 aromatic carbocycles. The van der Waals surface area contributed by atoms with Gasteiger partial charge in [0.15, 0.2) is 0 Å². The SMILES string of the molecule is CC(C)NCCNc1cccnc1. The van der Waals surface area contributed by atoms with Gasteiger partial charge in [-0.15, -0.1) is 0 Å². The smallest absolute Gasteiger partial charge is 0.0527 e. The molecule has 0 aliphatic rings. The monoisotopic (exact) mass is 179 g/mol. The summed E-state index contributed by atoms with van der Waals surface area (Å²) < 4.78 is 0. The molecule has 72 valence electrons. The molecule has 0 aliphatic heterocycles. The van der Waals surface area contributed by atoms with Crippen LogP contribution in [0.1, 0.15) is 13.8 Å². The molecule has 0 aliphatic carbocycles. The lowest BCUT2D eigenvalue weighted by atomic mass is 10.4. The summed E-state index contributed by atoms with van der Waals surface area (Å²) in [5.41, 5.74) is 1.08. The predicted octanol–water partition coefficient (Wildman–Crippen LogP) is 1.49. The number of aromatic nitrogens is 1. The van der Waals surface area contributed by atoms with Crippen molar-refractivity contribution in [1.82, 2.24) is 10.3 Å². The Hall–Kier alpha value is -1.09. The zero-order valence-corrected chi connectivity index (χ0v) is 8.25. The normalized spacial score (nSPS) is 10.4. The third kappa shape index (κ3) is 4.48. The maximum atomic E-state index is 4.02. The van der Waals surface area contributed by atoms with Crippen LogP contribution >= 0.6 is 0 Å². The van der Waals surface area contributed by atoms with Crippen molar-refractivity contribution >= 4 is 5.69 Å². The van der Waals surface area contributed by atoms with Gasteiger partial charge in [-0.2, -0.15) is 0 Å². The molecule has 0 radical (unpaired) electrons. The highest BCUT2D eigenvalue weighted by Gasteiger charge is 1.91. The minimum Gasteiger partial charge on any atom is -0.383 e. The summed E-state index contributed by atoms with van der Waals surface area (Å²) in [5.74, 6) is 0. The van der Waals surface area contributed by atoms with E-state index in [1.807, 2.05) is 18.3 Å². The second-order valence-corrected chi connectivity index (χ2v) is 3.28. The molecule has 0 saturated carbocycles. The number of hydrogen-bond donors (Lipinski definition) is 2. The van der Waals surface area contributed by atoms with E-state index in [2.05, 4.69) is 29.5 Å². The molecule has 2 N–H and O–H groups in total. The van der Waals surface area contributed by atoms with Gasteiger partial charge in [0.1, 0.15) is 0 Å². The van der Waals surface area contributed by atoms with Crippen molar-refractivity contribution in [2.24, 2.45) is 0 Å². The van der Waals surface area contributed by atoms with Crippen molar-refractivity contribution in [3.05, 3.63) is 24.5 Å². The summed E-state index contributed by atoms with van der Waals surface area (Å²) in [7, 11) is 0. The van der Waals surface area contributed by atoms with Crippen LogP contribution < -0.4 is 10.6 Å². The van der Waals surface area contributed by atoms with Gasteiger partial charge in [-0.05, 0) is 12.1 Å². The van der Waals surface area contributed by atoms with Gasteiger partial charge in [-0.25, -0.2) is 0 Å². The van der Waals surface area contributed by atoms with Gasteiger partial charge in [-0.3, -0.25) is 4.98 Å². The first-order chi connectivity index (χ1) is 6.29. The van der Waals surface area contributed by atoms with E-state index in [1.54, 1.807) is 6.20 Å². The number of nitrogens with zero attached hydrogens (tertiary/aromatic N) is 1. The predicted molar refractivity (Wildman–Crippen MR) is 55.9 cm³/mol. The first-order valence-electron chi connectivity index (χ1n) is 4.66. The summed E-state index contributed by atoms with van der Waals surface area (Å²) in [6, 6.07) is 4.50. The van der Waals surface area contributed by atoms with Crippen molar-refractivity contribution in [3.8, 4) is 0 Å². The maximum Gasteiger partial charge on any atom is 0.0527 e. The van der Waals surface area contributed by atoms with Crippen LogP contribution in [0.2, 0.25) is 0 Å². The quantitative estimate of drug-likeness (QED) is 0.672. The molecule has 1 aromatic rings. The van der Waals surface area contributed by atoms with Crippen molar-refractivity contribution in [1.29, 1.82) is 0 Å². The highest BCUT2D eigenvalue weighted by Crippen LogP contribution is 2.00. The summed E-state index contributed by atoms with van der Waals surface area (Å²) in [6.45, 7) is 6.20. The summed E-state index contributed by atoms with van der Waals surface area (Å²) in [6.07, 6.45) is 3.60. The molecular weight excluding hydrogens is 162 g/mol. The molecular formula is C10H17N3. The second kappa shape index (κ2) is 5.54. The molecule has 0 bridgehead atoms. The number of rotatable bonds is 5. The van der Waals surface area contributed by atoms with E-state index in [4.69, 9.17) is 0 Å². The second-order valence-electron chi connectivity index (χ2n) is 3.28. The molecule has 0 saturated heterocycles. The highest BCUT2D eigenvalue weighted by molar-refractivity contribution is 5.39. The number of nitrogens with one attached hydrogen (secondary N) is 2. The third-order valence-electron chi connectivity index (χ3n) is 1.67. The van der Waals surface area contributed by atoms with Crippen LogP contribution in [0.15, 0.2) is 24.5 Å². The minimum atomic E-state index is 0.552. The zero-order chi connectivity index (χ0) is 9.52. The molecule has 0 fully saturated rings. The van der Waals surface area contributed by atoms with E-state index in [1.165, 1.54) is 0 Å². The minimum absolute atomic E-state index is 0.552. The molecule has 0 spiro atoms. The average Bonchev–Trinajstić information content (AvgIpc) is 2.14. The molecule has 1 aromatic heterocycles. The van der Waals surface area contributed by atoms with Gasteiger partial charge in [-0.1, -0.05) is 13.8 Å². The Kier molecular flexibility index (Phi) is 4.26. The van der Waals surface area contributed by atoms with Crippen molar-refractivity contribution in [2.45, 2.75) is 19.9 Å². The number of anilines is 1. The first kappa shape index (κ1) is 9.99. The largest absolute Gasteiger partial charge is 0.383 e. The van der Waals surface area contributed by atoms with E-state index in [-0.39, 0.29) is 0 Å². The third-order valence-corrected chi connectivity index (χ3v) is 1.67. The Balaban J connectivity index is 2.13. The zero-order valence-electron chi connectivity index (χ0n) is 8.25. The van der Waals surface area contributed by atoms with Gasteiger partial charge in [0, 0.05) is 31.5 Å². The average molecular weight is 179 g/mol. The fourth-order valence-corrected chi connectivity index (χ4v) is 1.04. The molecule has 0 amide bonds. The van der Waals surface area contributed by atoms with Crippen LogP contribution in [0, 0.1) is 0 Å². The fraction of sp³-hybridized carbons (Fsp3) is 0.500. The van der Waals surface area contributed by atoms with Crippen LogP contribution in [0.5, 0.6) is 0 Å². The lowest BCUT2D eigenvalue weighted by Crippen LogP contribution is -2.28.